The number of allylic oxidation sites excluding steroid dienone is 3. The van der Waals surface area contributed by atoms with Crippen LogP contribution in [0.1, 0.15) is 52.4 Å². The Balaban J connectivity index is 1.81. The lowest BCUT2D eigenvalue weighted by molar-refractivity contribution is -0.145. The minimum Gasteiger partial charge on any atom is -0.461 e. The van der Waals surface area contributed by atoms with E-state index in [2.05, 4.69) is 26.0 Å². The van der Waals surface area contributed by atoms with Crippen molar-refractivity contribution in [1.82, 2.24) is 0 Å². The Labute approximate surface area is 156 Å². The van der Waals surface area contributed by atoms with E-state index in [0.717, 1.165) is 38.5 Å². The second-order valence-corrected chi connectivity index (χ2v) is 8.15. The van der Waals surface area contributed by atoms with Gasteiger partial charge in [0.05, 0.1) is 25.2 Å². The van der Waals surface area contributed by atoms with Gasteiger partial charge in [-0.3, -0.25) is 4.79 Å². The van der Waals surface area contributed by atoms with Crippen LogP contribution in [0.15, 0.2) is 23.3 Å². The first kappa shape index (κ1) is 19.6. The topological polar surface area (TPSA) is 68.3 Å². The van der Waals surface area contributed by atoms with Crippen LogP contribution in [0.3, 0.4) is 0 Å². The number of methoxy groups -OCH3 is 1. The average molecular weight is 364 g/mol. The van der Waals surface area contributed by atoms with Gasteiger partial charge < -0.3 is 19.3 Å². The summed E-state index contributed by atoms with van der Waals surface area (Å²) in [4.78, 5) is 12.4. The third-order valence-corrected chi connectivity index (χ3v) is 6.19. The Morgan fingerprint density at radius 2 is 2.04 bits per heavy atom. The third kappa shape index (κ3) is 4.21. The van der Waals surface area contributed by atoms with Crippen molar-refractivity contribution in [3.8, 4) is 0 Å². The first-order valence-electron chi connectivity index (χ1n) is 9.78. The molecule has 2 saturated heterocycles. The highest BCUT2D eigenvalue weighted by molar-refractivity contribution is 5.75. The molecule has 2 aliphatic heterocycles. The fraction of sp³-hybridized carbons (Fsp3) is 0.762. The van der Waals surface area contributed by atoms with Crippen molar-refractivity contribution in [2.24, 2.45) is 11.8 Å². The first-order valence-corrected chi connectivity index (χ1v) is 9.78. The Hall–Kier alpha value is -1.17. The van der Waals surface area contributed by atoms with E-state index in [1.54, 1.807) is 7.11 Å². The molecule has 0 amide bonds. The third-order valence-electron chi connectivity index (χ3n) is 6.19. The first-order chi connectivity index (χ1) is 12.5. The summed E-state index contributed by atoms with van der Waals surface area (Å²) in [6.45, 7) is 4.69. The number of aliphatic hydroxyl groups is 1. The van der Waals surface area contributed by atoms with E-state index in [4.69, 9.17) is 14.2 Å². The molecule has 26 heavy (non-hydrogen) atoms. The van der Waals surface area contributed by atoms with Crippen LogP contribution in [0.25, 0.3) is 0 Å². The maximum absolute atomic E-state index is 12.4. The van der Waals surface area contributed by atoms with Crippen LogP contribution in [0.4, 0.5) is 0 Å². The average Bonchev–Trinajstić information content (AvgIpc) is 3.21. The SMILES string of the molecule is COC[C@@H]1C(=O)O[C@@H]2CC(C)=CCCC(C)=CCC[C@]3(CO)O[C@H]3C[C@@H]12. The van der Waals surface area contributed by atoms with E-state index < -0.39 is 5.60 Å². The van der Waals surface area contributed by atoms with Gasteiger partial charge in [-0.05, 0) is 46.0 Å². The van der Waals surface area contributed by atoms with Gasteiger partial charge in [0.1, 0.15) is 11.7 Å². The second-order valence-electron chi connectivity index (χ2n) is 8.15. The number of aliphatic hydroxyl groups excluding tert-OH is 1. The standard InChI is InChI=1S/C21H32O5/c1-14-6-4-7-15(2)10-18-16(17(12-24-3)20(23)25-18)11-19-21(13-22,26-19)9-5-8-14/h7-8,16-19,22H,4-6,9-13H2,1-3H3/t16-,17-,18+,19-,21+/m0/s1. The molecule has 2 heterocycles. The number of hydrogen-bond donors (Lipinski definition) is 1. The summed E-state index contributed by atoms with van der Waals surface area (Å²) >= 11 is 0. The highest BCUT2D eigenvalue weighted by Gasteiger charge is 2.58. The lowest BCUT2D eigenvalue weighted by Gasteiger charge is -2.21. The van der Waals surface area contributed by atoms with Crippen LogP contribution < -0.4 is 0 Å². The molecule has 3 rings (SSSR count). The second kappa shape index (κ2) is 8.24. The van der Waals surface area contributed by atoms with E-state index in [-0.39, 0.29) is 36.6 Å². The molecule has 5 nitrogen and oxygen atoms in total. The normalized spacial score (nSPS) is 38.4. The van der Waals surface area contributed by atoms with Gasteiger partial charge in [0.2, 0.25) is 0 Å². The van der Waals surface area contributed by atoms with Crippen LogP contribution >= 0.6 is 0 Å². The molecule has 1 aliphatic carbocycles. The van der Waals surface area contributed by atoms with Gasteiger partial charge in [-0.25, -0.2) is 0 Å². The number of hydrogen-bond acceptors (Lipinski definition) is 5. The number of carbonyl (C=O) groups excluding carboxylic acids is 1. The summed E-state index contributed by atoms with van der Waals surface area (Å²) < 4.78 is 17.0. The van der Waals surface area contributed by atoms with Crippen LogP contribution in [0.5, 0.6) is 0 Å². The lowest BCUT2D eigenvalue weighted by atomic mass is 9.81. The smallest absolute Gasteiger partial charge is 0.312 e. The molecule has 5 heteroatoms. The maximum Gasteiger partial charge on any atom is 0.312 e. The van der Waals surface area contributed by atoms with Crippen molar-refractivity contribution in [1.29, 1.82) is 0 Å². The van der Waals surface area contributed by atoms with Gasteiger partial charge in [0, 0.05) is 19.4 Å². The summed E-state index contributed by atoms with van der Waals surface area (Å²) in [5, 5.41) is 9.89. The number of ether oxygens (including phenoxy) is 3. The summed E-state index contributed by atoms with van der Waals surface area (Å²) in [6, 6.07) is 0. The van der Waals surface area contributed by atoms with E-state index in [1.165, 1.54) is 11.1 Å². The molecule has 3 aliphatic rings. The highest BCUT2D eigenvalue weighted by atomic mass is 16.6. The number of esters is 1. The van der Waals surface area contributed by atoms with Crippen molar-refractivity contribution < 1.29 is 24.1 Å². The van der Waals surface area contributed by atoms with Gasteiger partial charge in [-0.2, -0.15) is 0 Å². The minimum absolute atomic E-state index is 0.00483. The summed E-state index contributed by atoms with van der Waals surface area (Å²) in [6.07, 6.45) is 9.68. The molecule has 0 aromatic carbocycles. The van der Waals surface area contributed by atoms with Gasteiger partial charge in [-0.1, -0.05) is 23.3 Å². The van der Waals surface area contributed by atoms with Crippen molar-refractivity contribution in [2.45, 2.75) is 70.2 Å². The molecule has 146 valence electrons. The molecular formula is C21H32O5. The van der Waals surface area contributed by atoms with Gasteiger partial charge in [0.25, 0.3) is 0 Å². The van der Waals surface area contributed by atoms with Crippen LogP contribution in [-0.4, -0.2) is 49.2 Å². The molecule has 0 bridgehead atoms. The highest BCUT2D eigenvalue weighted by Crippen LogP contribution is 2.48. The van der Waals surface area contributed by atoms with Gasteiger partial charge in [0.15, 0.2) is 0 Å². The van der Waals surface area contributed by atoms with Crippen LogP contribution in [0, 0.1) is 11.8 Å². The fourth-order valence-electron chi connectivity index (χ4n) is 4.45. The molecule has 0 spiro atoms. The molecule has 0 aromatic rings. The zero-order valence-electron chi connectivity index (χ0n) is 16.2. The van der Waals surface area contributed by atoms with Crippen molar-refractivity contribution >= 4 is 5.97 Å². The zero-order chi connectivity index (χ0) is 18.7. The largest absolute Gasteiger partial charge is 0.461 e. The fourth-order valence-corrected chi connectivity index (χ4v) is 4.45. The Morgan fingerprint density at radius 3 is 2.77 bits per heavy atom. The number of carbonyl (C=O) groups is 1. The summed E-state index contributed by atoms with van der Waals surface area (Å²) in [5.74, 6) is -0.329. The maximum atomic E-state index is 12.4. The molecule has 0 saturated carbocycles. The van der Waals surface area contributed by atoms with Crippen LogP contribution in [0.2, 0.25) is 0 Å². The molecule has 5 atom stereocenters. The van der Waals surface area contributed by atoms with Crippen molar-refractivity contribution in [2.75, 3.05) is 20.3 Å². The molecule has 0 aromatic heterocycles. The Morgan fingerprint density at radius 1 is 1.27 bits per heavy atom. The summed E-state index contributed by atoms with van der Waals surface area (Å²) in [5.41, 5.74) is 2.20. The van der Waals surface area contributed by atoms with Crippen molar-refractivity contribution in [3.05, 3.63) is 23.3 Å². The Kier molecular flexibility index (Phi) is 6.21. The van der Waals surface area contributed by atoms with E-state index >= 15 is 0 Å². The number of fused-ring (bicyclic) bond motifs is 2. The van der Waals surface area contributed by atoms with E-state index in [9.17, 15) is 9.90 Å². The monoisotopic (exact) mass is 364 g/mol. The zero-order valence-corrected chi connectivity index (χ0v) is 16.2. The molecule has 0 unspecified atom stereocenters. The minimum atomic E-state index is -0.445. The predicted molar refractivity (Wildman–Crippen MR) is 98.6 cm³/mol. The van der Waals surface area contributed by atoms with E-state index in [1.807, 2.05) is 0 Å². The van der Waals surface area contributed by atoms with Gasteiger partial charge >= 0.3 is 5.97 Å². The number of rotatable bonds is 3. The molecule has 0 radical (unpaired) electrons. The quantitative estimate of drug-likeness (QED) is 0.473. The van der Waals surface area contributed by atoms with Crippen LogP contribution in [-0.2, 0) is 19.0 Å². The molecule has 1 N–H and O–H groups in total. The van der Waals surface area contributed by atoms with Crippen molar-refractivity contribution in [3.63, 3.8) is 0 Å². The predicted octanol–water partition coefficient (Wildman–Crippen LogP) is 3.17. The van der Waals surface area contributed by atoms with E-state index in [0.29, 0.717) is 6.61 Å². The number of epoxide rings is 1. The Bertz CT molecular complexity index is 581. The summed E-state index contributed by atoms with van der Waals surface area (Å²) in [7, 11) is 1.62. The van der Waals surface area contributed by atoms with Gasteiger partial charge in [-0.15, -0.1) is 0 Å². The molecule has 2 fully saturated rings. The molecular weight excluding hydrogens is 332 g/mol. The lowest BCUT2D eigenvalue weighted by Crippen LogP contribution is -2.29.